The average molecular weight is 481 g/mol. The van der Waals surface area contributed by atoms with E-state index in [1.807, 2.05) is 31.2 Å². The number of aromatic nitrogens is 2. The van der Waals surface area contributed by atoms with Gasteiger partial charge in [-0.3, -0.25) is 23.9 Å². The molecule has 0 atom stereocenters. The molecule has 2 aliphatic heterocycles. The molecule has 3 heterocycles. The van der Waals surface area contributed by atoms with Crippen molar-refractivity contribution in [1.29, 1.82) is 0 Å². The number of nitrogens with zero attached hydrogens (tertiary/aromatic N) is 5. The van der Waals surface area contributed by atoms with E-state index in [4.69, 9.17) is 0 Å². The summed E-state index contributed by atoms with van der Waals surface area (Å²) < 4.78 is 1.60. The van der Waals surface area contributed by atoms with Crippen LogP contribution in [-0.4, -0.2) is 87.4 Å². The van der Waals surface area contributed by atoms with Crippen molar-refractivity contribution in [2.45, 2.75) is 39.8 Å². The Hall–Kier alpha value is -3.69. The quantitative estimate of drug-likeness (QED) is 0.665. The van der Waals surface area contributed by atoms with Gasteiger partial charge in [0.1, 0.15) is 5.69 Å². The number of hydrogen-bond acceptors (Lipinski definition) is 5. The summed E-state index contributed by atoms with van der Waals surface area (Å²) in [5.41, 5.74) is 2.80. The third-order valence-corrected chi connectivity index (χ3v) is 6.51. The van der Waals surface area contributed by atoms with Gasteiger partial charge < -0.3 is 20.0 Å². The zero-order valence-electron chi connectivity index (χ0n) is 20.3. The van der Waals surface area contributed by atoms with E-state index in [-0.39, 0.29) is 36.4 Å². The van der Waals surface area contributed by atoms with Crippen LogP contribution < -0.4 is 5.32 Å². The van der Waals surface area contributed by atoms with Gasteiger partial charge in [-0.1, -0.05) is 29.8 Å². The van der Waals surface area contributed by atoms with Gasteiger partial charge in [0.05, 0.1) is 0 Å². The number of fused-ring (bicyclic) bond motifs is 1. The SMILES string of the molecule is CC(=O)N1CCN(C(=O)CCNC(=O)c2cc3n(n2)CCCN(Cc2ccc(C)cc2)C3=O)CC1. The highest BCUT2D eigenvalue weighted by molar-refractivity contribution is 5.98. The molecule has 186 valence electrons. The first-order chi connectivity index (χ1) is 16.8. The zero-order chi connectivity index (χ0) is 24.9. The highest BCUT2D eigenvalue weighted by Crippen LogP contribution is 2.17. The highest BCUT2D eigenvalue weighted by Gasteiger charge is 2.27. The van der Waals surface area contributed by atoms with Gasteiger partial charge in [0, 0.05) is 71.8 Å². The lowest BCUT2D eigenvalue weighted by Crippen LogP contribution is -2.50. The molecule has 0 saturated carbocycles. The fourth-order valence-corrected chi connectivity index (χ4v) is 4.41. The molecule has 2 aliphatic rings. The molecule has 0 aliphatic carbocycles. The number of hydrogen-bond donors (Lipinski definition) is 1. The summed E-state index contributed by atoms with van der Waals surface area (Å²) in [6, 6.07) is 9.64. The Kier molecular flexibility index (Phi) is 7.48. The Balaban J connectivity index is 1.30. The lowest BCUT2D eigenvalue weighted by molar-refractivity contribution is -0.138. The highest BCUT2D eigenvalue weighted by atomic mass is 16.2. The lowest BCUT2D eigenvalue weighted by Gasteiger charge is -2.34. The van der Waals surface area contributed by atoms with E-state index < -0.39 is 5.91 Å². The summed E-state index contributed by atoms with van der Waals surface area (Å²) in [5.74, 6) is -0.595. The van der Waals surface area contributed by atoms with Gasteiger partial charge in [0.2, 0.25) is 11.8 Å². The van der Waals surface area contributed by atoms with Gasteiger partial charge in [0.25, 0.3) is 11.8 Å². The van der Waals surface area contributed by atoms with E-state index in [0.29, 0.717) is 51.5 Å². The second-order valence-electron chi connectivity index (χ2n) is 9.10. The van der Waals surface area contributed by atoms with Crippen LogP contribution in [0.4, 0.5) is 0 Å². The first kappa shape index (κ1) is 24.4. The van der Waals surface area contributed by atoms with Gasteiger partial charge >= 0.3 is 0 Å². The van der Waals surface area contributed by atoms with Gasteiger partial charge in [-0.05, 0) is 18.9 Å². The lowest BCUT2D eigenvalue weighted by atomic mass is 10.1. The first-order valence-corrected chi connectivity index (χ1v) is 12.1. The molecular weight excluding hydrogens is 448 g/mol. The van der Waals surface area contributed by atoms with E-state index in [1.54, 1.807) is 19.4 Å². The minimum atomic E-state index is -0.405. The van der Waals surface area contributed by atoms with Crippen molar-refractivity contribution in [2.24, 2.45) is 0 Å². The third kappa shape index (κ3) is 5.87. The molecule has 10 nitrogen and oxygen atoms in total. The molecule has 4 rings (SSSR count). The molecule has 0 unspecified atom stereocenters. The largest absolute Gasteiger partial charge is 0.350 e. The minimum absolute atomic E-state index is 0.0135. The van der Waals surface area contributed by atoms with Gasteiger partial charge in [-0.2, -0.15) is 5.10 Å². The Labute approximate surface area is 204 Å². The molecule has 1 aromatic heterocycles. The normalized spacial score (nSPS) is 16.1. The number of carbonyl (C=O) groups is 4. The fraction of sp³-hybridized carbons (Fsp3) is 0.480. The van der Waals surface area contributed by atoms with Crippen molar-refractivity contribution in [3.8, 4) is 0 Å². The summed E-state index contributed by atoms with van der Waals surface area (Å²) in [5, 5.41) is 7.09. The maximum atomic E-state index is 13.1. The molecule has 1 fully saturated rings. The molecule has 1 saturated heterocycles. The maximum absolute atomic E-state index is 13.1. The summed E-state index contributed by atoms with van der Waals surface area (Å²) in [6.07, 6.45) is 0.918. The number of amides is 4. The molecule has 0 bridgehead atoms. The molecule has 1 aromatic carbocycles. The van der Waals surface area contributed by atoms with Crippen molar-refractivity contribution in [3.63, 3.8) is 0 Å². The first-order valence-electron chi connectivity index (χ1n) is 12.1. The Morgan fingerprint density at radius 2 is 1.66 bits per heavy atom. The van der Waals surface area contributed by atoms with E-state index in [2.05, 4.69) is 10.4 Å². The van der Waals surface area contributed by atoms with Crippen LogP contribution in [0.2, 0.25) is 0 Å². The van der Waals surface area contributed by atoms with Crippen molar-refractivity contribution in [1.82, 2.24) is 29.8 Å². The van der Waals surface area contributed by atoms with Gasteiger partial charge in [-0.15, -0.1) is 0 Å². The molecule has 0 spiro atoms. The maximum Gasteiger partial charge on any atom is 0.272 e. The van der Waals surface area contributed by atoms with Crippen LogP contribution in [0.15, 0.2) is 30.3 Å². The van der Waals surface area contributed by atoms with Crippen molar-refractivity contribution >= 4 is 23.6 Å². The van der Waals surface area contributed by atoms with E-state index >= 15 is 0 Å². The second-order valence-corrected chi connectivity index (χ2v) is 9.10. The van der Waals surface area contributed by atoms with E-state index in [0.717, 1.165) is 12.0 Å². The van der Waals surface area contributed by atoms with Crippen LogP contribution in [0.25, 0.3) is 0 Å². The molecule has 35 heavy (non-hydrogen) atoms. The van der Waals surface area contributed by atoms with Crippen molar-refractivity contribution < 1.29 is 19.2 Å². The Morgan fingerprint density at radius 3 is 2.34 bits per heavy atom. The van der Waals surface area contributed by atoms with Crippen LogP contribution in [0.3, 0.4) is 0 Å². The number of rotatable bonds is 6. The molecule has 10 heteroatoms. The van der Waals surface area contributed by atoms with Crippen LogP contribution in [-0.2, 0) is 22.7 Å². The summed E-state index contributed by atoms with van der Waals surface area (Å²) in [6.45, 7) is 7.49. The number of nitrogens with one attached hydrogen (secondary N) is 1. The number of piperazine rings is 1. The van der Waals surface area contributed by atoms with Crippen LogP contribution in [0.5, 0.6) is 0 Å². The molecular formula is C25H32N6O4. The Morgan fingerprint density at radius 1 is 0.971 bits per heavy atom. The predicted molar refractivity (Wildman–Crippen MR) is 129 cm³/mol. The smallest absolute Gasteiger partial charge is 0.272 e. The van der Waals surface area contributed by atoms with E-state index in [9.17, 15) is 19.2 Å². The van der Waals surface area contributed by atoms with Crippen molar-refractivity contribution in [3.05, 3.63) is 52.8 Å². The molecule has 0 radical (unpaired) electrons. The van der Waals surface area contributed by atoms with Crippen LogP contribution >= 0.6 is 0 Å². The molecule has 2 aromatic rings. The number of carbonyl (C=O) groups excluding carboxylic acids is 4. The van der Waals surface area contributed by atoms with Gasteiger partial charge in [0.15, 0.2) is 5.69 Å². The summed E-state index contributed by atoms with van der Waals surface area (Å²) in [7, 11) is 0. The molecule has 4 amide bonds. The van der Waals surface area contributed by atoms with Crippen LogP contribution in [0, 0.1) is 6.92 Å². The summed E-state index contributed by atoms with van der Waals surface area (Å²) >= 11 is 0. The topological polar surface area (TPSA) is 108 Å². The van der Waals surface area contributed by atoms with Gasteiger partial charge in [-0.25, -0.2) is 0 Å². The third-order valence-electron chi connectivity index (χ3n) is 6.51. The van der Waals surface area contributed by atoms with E-state index in [1.165, 1.54) is 18.6 Å². The summed E-state index contributed by atoms with van der Waals surface area (Å²) in [4.78, 5) is 54.9. The zero-order valence-corrected chi connectivity index (χ0v) is 20.3. The monoisotopic (exact) mass is 480 g/mol. The van der Waals surface area contributed by atoms with Crippen LogP contribution in [0.1, 0.15) is 51.9 Å². The molecule has 1 N–H and O–H groups in total. The number of aryl methyl sites for hydroxylation is 2. The standard InChI is InChI=1S/C25H32N6O4/c1-18-4-6-20(7-5-18)17-30-10-3-11-31-22(25(30)35)16-21(27-31)24(34)26-9-8-23(33)29-14-12-28(13-15-29)19(2)32/h4-7,16H,3,8-15,17H2,1-2H3,(H,26,34). The average Bonchev–Trinajstić information content (AvgIpc) is 3.22. The predicted octanol–water partition coefficient (Wildman–Crippen LogP) is 1.05. The Bertz CT molecular complexity index is 1100. The number of benzene rings is 1. The second kappa shape index (κ2) is 10.7. The minimum Gasteiger partial charge on any atom is -0.350 e. The van der Waals surface area contributed by atoms with Crippen molar-refractivity contribution in [2.75, 3.05) is 39.3 Å². The fourth-order valence-electron chi connectivity index (χ4n) is 4.41.